The van der Waals surface area contributed by atoms with Gasteiger partial charge in [0.1, 0.15) is 5.75 Å². The lowest BCUT2D eigenvalue weighted by molar-refractivity contribution is 0.0806. The molecule has 0 bridgehead atoms. The van der Waals surface area contributed by atoms with Crippen LogP contribution in [0.5, 0.6) is 5.75 Å². The summed E-state index contributed by atoms with van der Waals surface area (Å²) in [6.45, 7) is 4.83. The molecule has 1 aromatic carbocycles. The summed E-state index contributed by atoms with van der Waals surface area (Å²) in [6, 6.07) is 8.12. The van der Waals surface area contributed by atoms with Crippen molar-refractivity contribution in [2.24, 2.45) is 11.8 Å². The molecule has 3 nitrogen and oxygen atoms in total. The monoisotopic (exact) mass is 394 g/mol. The molecule has 1 N–H and O–H groups in total. The Balaban J connectivity index is 1.93. The van der Waals surface area contributed by atoms with Crippen LogP contribution in [0.2, 0.25) is 0 Å². The molecule has 2 rings (SSSR count). The molecule has 1 saturated carbocycles. The molecule has 0 aromatic heterocycles. The number of benzene rings is 1. The van der Waals surface area contributed by atoms with Gasteiger partial charge in [0.25, 0.3) is 0 Å². The molecule has 152 valence electrons. The normalized spacial score (nSPS) is 26.6. The number of allylic oxidation sites excluding steroid dienone is 2. The van der Waals surface area contributed by atoms with E-state index in [0.29, 0.717) is 13.0 Å². The lowest BCUT2D eigenvalue weighted by Gasteiger charge is -2.23. The second kappa shape index (κ2) is 11.7. The van der Waals surface area contributed by atoms with Gasteiger partial charge in [-0.1, -0.05) is 51.0 Å². The predicted octanol–water partition coefficient (Wildman–Crippen LogP) is 5.90. The number of unbranched alkanes of at least 4 members (excludes halogenated alkanes) is 1. The zero-order valence-corrected chi connectivity index (χ0v) is 17.7. The molecule has 4 heteroatoms. The van der Waals surface area contributed by atoms with E-state index in [-0.39, 0.29) is 23.3 Å². The molecule has 5 atom stereocenters. The summed E-state index contributed by atoms with van der Waals surface area (Å²) in [4.78, 5) is 0. The van der Waals surface area contributed by atoms with Crippen LogP contribution >= 0.6 is 11.6 Å². The Morgan fingerprint density at radius 1 is 1.15 bits per heavy atom. The Labute approximate surface area is 169 Å². The number of aliphatic hydroxyl groups excluding tert-OH is 1. The summed E-state index contributed by atoms with van der Waals surface area (Å²) in [5.41, 5.74) is 1.17. The number of alkyl halides is 1. The SMILES string of the molecule is CCC/C=C\C[C@@H]1[C@@H](COc2ccc(C(CCC)OC)cc2)[C@H](O)C[C@H]1Cl. The van der Waals surface area contributed by atoms with Crippen LogP contribution in [0.25, 0.3) is 0 Å². The van der Waals surface area contributed by atoms with Gasteiger partial charge in [-0.25, -0.2) is 0 Å². The molecular formula is C23H35ClO3. The highest BCUT2D eigenvalue weighted by atomic mass is 35.5. The van der Waals surface area contributed by atoms with Crippen LogP contribution in [-0.2, 0) is 4.74 Å². The second-order valence-corrected chi connectivity index (χ2v) is 8.10. The van der Waals surface area contributed by atoms with Crippen molar-refractivity contribution in [1.82, 2.24) is 0 Å². The molecule has 0 amide bonds. The van der Waals surface area contributed by atoms with E-state index >= 15 is 0 Å². The topological polar surface area (TPSA) is 38.7 Å². The smallest absolute Gasteiger partial charge is 0.119 e. The Morgan fingerprint density at radius 3 is 2.52 bits per heavy atom. The molecule has 0 aliphatic heterocycles. The number of rotatable bonds is 11. The van der Waals surface area contributed by atoms with E-state index in [1.165, 1.54) is 5.56 Å². The van der Waals surface area contributed by atoms with Crippen LogP contribution in [0.3, 0.4) is 0 Å². The molecule has 0 saturated heterocycles. The van der Waals surface area contributed by atoms with E-state index in [1.807, 2.05) is 12.1 Å². The number of hydrogen-bond donors (Lipinski definition) is 1. The van der Waals surface area contributed by atoms with Gasteiger partial charge >= 0.3 is 0 Å². The lowest BCUT2D eigenvalue weighted by atomic mass is 9.92. The molecule has 1 aromatic rings. The first-order valence-electron chi connectivity index (χ1n) is 10.3. The van der Waals surface area contributed by atoms with Gasteiger partial charge < -0.3 is 14.6 Å². The van der Waals surface area contributed by atoms with Crippen LogP contribution in [0, 0.1) is 11.8 Å². The maximum absolute atomic E-state index is 10.4. The predicted molar refractivity (Wildman–Crippen MR) is 113 cm³/mol. The van der Waals surface area contributed by atoms with Crippen molar-refractivity contribution in [1.29, 1.82) is 0 Å². The van der Waals surface area contributed by atoms with Gasteiger partial charge in [0, 0.05) is 18.4 Å². The van der Waals surface area contributed by atoms with Crippen LogP contribution in [-0.4, -0.2) is 30.3 Å². The van der Waals surface area contributed by atoms with Crippen molar-refractivity contribution in [3.63, 3.8) is 0 Å². The van der Waals surface area contributed by atoms with E-state index in [0.717, 1.165) is 37.9 Å². The standard InChI is InChI=1S/C23H35ClO3/c1-4-6-7-8-10-19-20(22(25)15-21(19)24)16-27-18-13-11-17(12-14-18)23(26-3)9-5-2/h7-8,11-14,19-23,25H,4-6,9-10,15-16H2,1-3H3/b8-7-/t19-,20-,21-,22-,23?/m1/s1. The molecule has 1 aliphatic carbocycles. The highest BCUT2D eigenvalue weighted by molar-refractivity contribution is 6.21. The molecule has 0 heterocycles. The molecular weight excluding hydrogens is 360 g/mol. The minimum Gasteiger partial charge on any atom is -0.493 e. The summed E-state index contributed by atoms with van der Waals surface area (Å²) >= 11 is 6.50. The third-order valence-electron chi connectivity index (χ3n) is 5.54. The van der Waals surface area contributed by atoms with Crippen molar-refractivity contribution >= 4 is 11.6 Å². The second-order valence-electron chi connectivity index (χ2n) is 7.54. The van der Waals surface area contributed by atoms with Gasteiger partial charge in [0.15, 0.2) is 0 Å². The van der Waals surface area contributed by atoms with Crippen molar-refractivity contribution < 1.29 is 14.6 Å². The zero-order chi connectivity index (χ0) is 19.6. The highest BCUT2D eigenvalue weighted by Gasteiger charge is 2.41. The minimum atomic E-state index is -0.390. The molecule has 1 unspecified atom stereocenters. The summed E-state index contributed by atoms with van der Waals surface area (Å²) < 4.78 is 11.6. The fraction of sp³-hybridized carbons (Fsp3) is 0.652. The summed E-state index contributed by atoms with van der Waals surface area (Å²) in [5, 5.41) is 10.4. The molecule has 27 heavy (non-hydrogen) atoms. The Bertz CT molecular complexity index is 557. The first-order chi connectivity index (χ1) is 13.1. The average Bonchev–Trinajstić information content (AvgIpc) is 2.94. The van der Waals surface area contributed by atoms with Crippen LogP contribution in [0.4, 0.5) is 0 Å². The van der Waals surface area contributed by atoms with Crippen molar-refractivity contribution in [2.75, 3.05) is 13.7 Å². The Hall–Kier alpha value is -1.03. The van der Waals surface area contributed by atoms with E-state index < -0.39 is 6.10 Å². The average molecular weight is 395 g/mol. The number of aliphatic hydroxyl groups is 1. The fourth-order valence-corrected chi connectivity index (χ4v) is 4.36. The van der Waals surface area contributed by atoms with Gasteiger partial charge in [-0.2, -0.15) is 0 Å². The summed E-state index contributed by atoms with van der Waals surface area (Å²) in [6.07, 6.45) is 10.1. The molecule has 0 radical (unpaired) electrons. The number of halogens is 1. The first-order valence-corrected chi connectivity index (χ1v) is 10.8. The van der Waals surface area contributed by atoms with Crippen molar-refractivity contribution in [3.05, 3.63) is 42.0 Å². The maximum atomic E-state index is 10.4. The summed E-state index contributed by atoms with van der Waals surface area (Å²) in [5.74, 6) is 1.16. The number of methoxy groups -OCH3 is 1. The molecule has 0 spiro atoms. The van der Waals surface area contributed by atoms with E-state index in [4.69, 9.17) is 21.1 Å². The van der Waals surface area contributed by atoms with E-state index in [2.05, 4.69) is 38.1 Å². The van der Waals surface area contributed by atoms with Crippen LogP contribution in [0.1, 0.15) is 64.0 Å². The van der Waals surface area contributed by atoms with Gasteiger partial charge in [-0.3, -0.25) is 0 Å². The molecule has 1 fully saturated rings. The maximum Gasteiger partial charge on any atom is 0.119 e. The van der Waals surface area contributed by atoms with Crippen molar-refractivity contribution in [2.45, 2.75) is 70.0 Å². The third-order valence-corrected chi connectivity index (χ3v) is 6.04. The lowest BCUT2D eigenvalue weighted by Crippen LogP contribution is -2.27. The van der Waals surface area contributed by atoms with E-state index in [9.17, 15) is 5.11 Å². The largest absolute Gasteiger partial charge is 0.493 e. The Morgan fingerprint density at radius 2 is 1.89 bits per heavy atom. The van der Waals surface area contributed by atoms with Crippen LogP contribution in [0.15, 0.2) is 36.4 Å². The van der Waals surface area contributed by atoms with Crippen LogP contribution < -0.4 is 4.74 Å². The van der Waals surface area contributed by atoms with Gasteiger partial charge in [0.2, 0.25) is 0 Å². The molecule has 1 aliphatic rings. The first kappa shape index (κ1) is 22.3. The zero-order valence-electron chi connectivity index (χ0n) is 16.9. The van der Waals surface area contributed by atoms with Gasteiger partial charge in [0.05, 0.1) is 18.8 Å². The third kappa shape index (κ3) is 6.51. The van der Waals surface area contributed by atoms with Crippen molar-refractivity contribution in [3.8, 4) is 5.75 Å². The fourth-order valence-electron chi connectivity index (χ4n) is 3.88. The van der Waals surface area contributed by atoms with E-state index in [1.54, 1.807) is 7.11 Å². The quantitative estimate of drug-likeness (QED) is 0.375. The Kier molecular flexibility index (Phi) is 9.67. The summed E-state index contributed by atoms with van der Waals surface area (Å²) in [7, 11) is 1.75. The van der Waals surface area contributed by atoms with Gasteiger partial charge in [-0.15, -0.1) is 11.6 Å². The number of ether oxygens (including phenoxy) is 2. The minimum absolute atomic E-state index is 0.0127. The highest BCUT2D eigenvalue weighted by Crippen LogP contribution is 2.39. The van der Waals surface area contributed by atoms with Gasteiger partial charge in [-0.05, 0) is 49.3 Å². The number of hydrogen-bond acceptors (Lipinski definition) is 3.